The van der Waals surface area contributed by atoms with Crippen molar-refractivity contribution in [1.29, 1.82) is 0 Å². The summed E-state index contributed by atoms with van der Waals surface area (Å²) in [5.74, 6) is 1.47. The van der Waals surface area contributed by atoms with Crippen LogP contribution in [0.25, 0.3) is 0 Å². The van der Waals surface area contributed by atoms with Gasteiger partial charge in [-0.15, -0.1) is 24.0 Å². The summed E-state index contributed by atoms with van der Waals surface area (Å²) in [4.78, 5) is 16.9. The topological polar surface area (TPSA) is 74.8 Å². The Bertz CT molecular complexity index is 645. The lowest BCUT2D eigenvalue weighted by atomic mass is 10.0. The van der Waals surface area contributed by atoms with Crippen LogP contribution in [0, 0.1) is 5.92 Å². The van der Waals surface area contributed by atoms with Gasteiger partial charge in [-0.3, -0.25) is 4.79 Å². The molecule has 1 aliphatic rings. The average Bonchev–Trinajstić information content (AvgIpc) is 3.20. The van der Waals surface area contributed by atoms with Crippen molar-refractivity contribution in [2.24, 2.45) is 10.9 Å². The van der Waals surface area contributed by atoms with Crippen molar-refractivity contribution in [3.8, 4) is 0 Å². The maximum atomic E-state index is 12.2. The molecule has 7 heteroatoms. The van der Waals surface area contributed by atoms with Gasteiger partial charge < -0.3 is 20.7 Å². The number of ether oxygens (including phenoxy) is 1. The number of hydrogen-bond donors (Lipinski definition) is 3. The standard InChI is InChI=1S/C22H36N4O2.HI/c1-5-23-22(25-17(4)12-11-16(2)3)24-15-18-8-6-9-19(14-18)26-21(27)20-10-7-13-28-20;/h6,8-9,14,16-17,20H,5,7,10-13,15H2,1-4H3,(H,26,27)(H2,23,24,25);1H. The number of hydrogen-bond acceptors (Lipinski definition) is 3. The Morgan fingerprint density at radius 2 is 2.07 bits per heavy atom. The largest absolute Gasteiger partial charge is 0.368 e. The molecular weight excluding hydrogens is 479 g/mol. The van der Waals surface area contributed by atoms with E-state index in [2.05, 4.69) is 43.6 Å². The van der Waals surface area contributed by atoms with Crippen LogP contribution < -0.4 is 16.0 Å². The van der Waals surface area contributed by atoms with Crippen LogP contribution in [0.1, 0.15) is 58.9 Å². The second-order valence-electron chi connectivity index (χ2n) is 7.90. The predicted molar refractivity (Wildman–Crippen MR) is 131 cm³/mol. The van der Waals surface area contributed by atoms with Crippen LogP contribution >= 0.6 is 24.0 Å². The SMILES string of the molecule is CCNC(=NCc1cccc(NC(=O)C2CCCO2)c1)NC(C)CCC(C)C.I. The van der Waals surface area contributed by atoms with Crippen LogP contribution in [0.4, 0.5) is 5.69 Å². The third-order valence-electron chi connectivity index (χ3n) is 4.74. The Hall–Kier alpha value is -1.35. The first-order chi connectivity index (χ1) is 13.5. The van der Waals surface area contributed by atoms with Crippen LogP contribution in [0.15, 0.2) is 29.3 Å². The highest BCUT2D eigenvalue weighted by molar-refractivity contribution is 14.0. The first-order valence-electron chi connectivity index (χ1n) is 10.5. The molecule has 2 rings (SSSR count). The zero-order valence-electron chi connectivity index (χ0n) is 18.2. The van der Waals surface area contributed by atoms with Gasteiger partial charge >= 0.3 is 0 Å². The number of halogens is 1. The molecule has 29 heavy (non-hydrogen) atoms. The van der Waals surface area contributed by atoms with Crippen molar-refractivity contribution < 1.29 is 9.53 Å². The molecule has 6 nitrogen and oxygen atoms in total. The lowest BCUT2D eigenvalue weighted by Gasteiger charge is -2.18. The average molecular weight is 516 g/mol. The minimum atomic E-state index is -0.321. The maximum Gasteiger partial charge on any atom is 0.253 e. The van der Waals surface area contributed by atoms with Gasteiger partial charge in [-0.2, -0.15) is 0 Å². The summed E-state index contributed by atoms with van der Waals surface area (Å²) in [6.07, 6.45) is 3.73. The summed E-state index contributed by atoms with van der Waals surface area (Å²) in [5.41, 5.74) is 1.84. The number of carbonyl (C=O) groups excluding carboxylic acids is 1. The van der Waals surface area contributed by atoms with E-state index in [1.165, 1.54) is 6.42 Å². The predicted octanol–water partition coefficient (Wildman–Crippen LogP) is 4.30. The Morgan fingerprint density at radius 1 is 1.28 bits per heavy atom. The molecule has 3 N–H and O–H groups in total. The molecule has 0 aromatic heterocycles. The molecule has 1 aromatic carbocycles. The Kier molecular flexibility index (Phi) is 12.2. The van der Waals surface area contributed by atoms with Gasteiger partial charge in [0.25, 0.3) is 5.91 Å². The molecule has 0 bridgehead atoms. The number of guanidine groups is 1. The first-order valence-corrected chi connectivity index (χ1v) is 10.5. The van der Waals surface area contributed by atoms with Gasteiger partial charge in [0.05, 0.1) is 6.54 Å². The van der Waals surface area contributed by atoms with E-state index in [9.17, 15) is 4.79 Å². The van der Waals surface area contributed by atoms with Gasteiger partial charge in [0, 0.05) is 24.9 Å². The maximum absolute atomic E-state index is 12.2. The lowest BCUT2D eigenvalue weighted by molar-refractivity contribution is -0.124. The van der Waals surface area contributed by atoms with Crippen molar-refractivity contribution in [3.05, 3.63) is 29.8 Å². The Balaban J connectivity index is 0.00000420. The summed E-state index contributed by atoms with van der Waals surface area (Å²) in [6, 6.07) is 8.22. The molecule has 1 aliphatic heterocycles. The van der Waals surface area contributed by atoms with E-state index in [1.54, 1.807) is 0 Å². The van der Waals surface area contributed by atoms with Gasteiger partial charge in [0.1, 0.15) is 6.10 Å². The fourth-order valence-electron chi connectivity index (χ4n) is 3.13. The number of nitrogens with one attached hydrogen (secondary N) is 3. The molecule has 0 radical (unpaired) electrons. The number of rotatable bonds is 9. The quantitative estimate of drug-likeness (QED) is 0.260. The van der Waals surface area contributed by atoms with Gasteiger partial charge in [-0.05, 0) is 63.1 Å². The molecule has 2 unspecified atom stereocenters. The van der Waals surface area contributed by atoms with Gasteiger partial charge in [-0.1, -0.05) is 26.0 Å². The fourth-order valence-corrected chi connectivity index (χ4v) is 3.13. The van der Waals surface area contributed by atoms with Crippen LogP contribution in [-0.4, -0.2) is 37.2 Å². The molecule has 2 atom stereocenters. The molecule has 164 valence electrons. The highest BCUT2D eigenvalue weighted by Gasteiger charge is 2.23. The van der Waals surface area contributed by atoms with E-state index in [-0.39, 0.29) is 36.0 Å². The first kappa shape index (κ1) is 25.7. The zero-order valence-corrected chi connectivity index (χ0v) is 20.5. The number of nitrogens with zero attached hydrogens (tertiary/aromatic N) is 1. The third-order valence-corrected chi connectivity index (χ3v) is 4.74. The summed E-state index contributed by atoms with van der Waals surface area (Å²) in [7, 11) is 0. The molecule has 0 spiro atoms. The minimum Gasteiger partial charge on any atom is -0.368 e. The van der Waals surface area contributed by atoms with Crippen molar-refractivity contribution in [2.45, 2.75) is 72.1 Å². The van der Waals surface area contributed by atoms with Crippen molar-refractivity contribution in [3.63, 3.8) is 0 Å². The van der Waals surface area contributed by atoms with Crippen molar-refractivity contribution in [2.75, 3.05) is 18.5 Å². The van der Waals surface area contributed by atoms with Gasteiger partial charge in [-0.25, -0.2) is 4.99 Å². The fraction of sp³-hybridized carbons (Fsp3) is 0.636. The number of anilines is 1. The molecule has 0 saturated carbocycles. The molecular formula is C22H37IN4O2. The summed E-state index contributed by atoms with van der Waals surface area (Å²) in [5, 5.41) is 9.74. The highest BCUT2D eigenvalue weighted by atomic mass is 127. The molecule has 1 fully saturated rings. The number of carbonyl (C=O) groups is 1. The van der Waals surface area contributed by atoms with Crippen LogP contribution in [-0.2, 0) is 16.1 Å². The van der Waals surface area contributed by atoms with E-state index in [4.69, 9.17) is 9.73 Å². The second kappa shape index (κ2) is 13.8. The van der Waals surface area contributed by atoms with Crippen LogP contribution in [0.3, 0.4) is 0 Å². The molecule has 1 heterocycles. The van der Waals surface area contributed by atoms with E-state index < -0.39 is 0 Å². The number of amides is 1. The number of aliphatic imine (C=N–C) groups is 1. The van der Waals surface area contributed by atoms with E-state index in [0.717, 1.165) is 43.0 Å². The second-order valence-corrected chi connectivity index (χ2v) is 7.90. The summed E-state index contributed by atoms with van der Waals surface area (Å²) < 4.78 is 5.44. The van der Waals surface area contributed by atoms with Crippen LogP contribution in [0.2, 0.25) is 0 Å². The monoisotopic (exact) mass is 516 g/mol. The van der Waals surface area contributed by atoms with Crippen LogP contribution in [0.5, 0.6) is 0 Å². The highest BCUT2D eigenvalue weighted by Crippen LogP contribution is 2.16. The third kappa shape index (κ3) is 9.80. The molecule has 1 amide bonds. The summed E-state index contributed by atoms with van der Waals surface area (Å²) >= 11 is 0. The summed E-state index contributed by atoms with van der Waals surface area (Å²) in [6.45, 7) is 10.8. The lowest BCUT2D eigenvalue weighted by Crippen LogP contribution is -2.42. The van der Waals surface area contributed by atoms with Gasteiger partial charge in [0.15, 0.2) is 5.96 Å². The van der Waals surface area contributed by atoms with E-state index in [1.807, 2.05) is 24.3 Å². The van der Waals surface area contributed by atoms with Crippen molar-refractivity contribution >= 4 is 41.5 Å². The minimum absolute atomic E-state index is 0. The zero-order chi connectivity index (χ0) is 20.4. The number of benzene rings is 1. The molecule has 1 saturated heterocycles. The van der Waals surface area contributed by atoms with Crippen molar-refractivity contribution in [1.82, 2.24) is 10.6 Å². The van der Waals surface area contributed by atoms with Gasteiger partial charge in [0.2, 0.25) is 0 Å². The van der Waals surface area contributed by atoms with E-state index in [0.29, 0.717) is 25.1 Å². The normalized spacial score (nSPS) is 17.6. The molecule has 1 aromatic rings. The smallest absolute Gasteiger partial charge is 0.253 e. The van der Waals surface area contributed by atoms with E-state index >= 15 is 0 Å². The molecule has 0 aliphatic carbocycles. The Labute approximate surface area is 192 Å². The Morgan fingerprint density at radius 3 is 2.72 bits per heavy atom.